The van der Waals surface area contributed by atoms with E-state index in [0.29, 0.717) is 13.2 Å². The second kappa shape index (κ2) is 7.99. The first-order valence-electron chi connectivity index (χ1n) is 8.90. The highest BCUT2D eigenvalue weighted by Gasteiger charge is 2.47. The zero-order valence-electron chi connectivity index (χ0n) is 14.7. The molecule has 1 aliphatic carbocycles. The lowest BCUT2D eigenvalue weighted by atomic mass is 9.83. The molecule has 26 heavy (non-hydrogen) atoms. The SMILES string of the molecule is NC(N)c1ccc(COC2CCC3(CC2)CN(CC(=O)O)C(O)O3)cc1. The van der Waals surface area contributed by atoms with Gasteiger partial charge in [-0.05, 0) is 36.8 Å². The molecule has 0 bridgehead atoms. The lowest BCUT2D eigenvalue weighted by molar-refractivity contribution is -0.191. The summed E-state index contributed by atoms with van der Waals surface area (Å²) in [5.74, 6) is -0.969. The summed E-state index contributed by atoms with van der Waals surface area (Å²) in [6.07, 6.45) is 1.64. The summed E-state index contributed by atoms with van der Waals surface area (Å²) in [4.78, 5) is 12.3. The minimum Gasteiger partial charge on any atom is -0.480 e. The minimum absolute atomic E-state index is 0.131. The number of nitrogens with zero attached hydrogens (tertiary/aromatic N) is 1. The average Bonchev–Trinajstić information content (AvgIpc) is 2.89. The van der Waals surface area contributed by atoms with E-state index in [-0.39, 0.29) is 12.6 Å². The van der Waals surface area contributed by atoms with Crippen LogP contribution in [-0.4, -0.2) is 52.3 Å². The molecule has 144 valence electrons. The molecule has 6 N–H and O–H groups in total. The molecule has 8 heteroatoms. The van der Waals surface area contributed by atoms with E-state index in [1.54, 1.807) is 0 Å². The van der Waals surface area contributed by atoms with Crippen LogP contribution in [-0.2, 0) is 20.9 Å². The van der Waals surface area contributed by atoms with Crippen LogP contribution in [0.1, 0.15) is 43.0 Å². The standard InChI is InChI=1S/C18H27N3O5/c19-16(20)13-3-1-12(2-4-13)10-25-14-5-7-18(8-6-14)11-21(9-15(22)23)17(24)26-18/h1-4,14,16-17,24H,5-11,19-20H2,(H,22,23). The number of carboxylic acids is 1. The Balaban J connectivity index is 1.46. The summed E-state index contributed by atoms with van der Waals surface area (Å²) in [5.41, 5.74) is 12.8. The Labute approximate surface area is 152 Å². The number of hydrogen-bond acceptors (Lipinski definition) is 7. The average molecular weight is 365 g/mol. The van der Waals surface area contributed by atoms with Crippen LogP contribution in [0, 0.1) is 0 Å². The van der Waals surface area contributed by atoms with E-state index in [2.05, 4.69) is 0 Å². The highest BCUT2D eigenvalue weighted by molar-refractivity contribution is 5.69. The first-order valence-corrected chi connectivity index (χ1v) is 8.90. The Morgan fingerprint density at radius 1 is 1.31 bits per heavy atom. The van der Waals surface area contributed by atoms with Crippen LogP contribution in [0.5, 0.6) is 0 Å². The van der Waals surface area contributed by atoms with Gasteiger partial charge in [0.05, 0.1) is 24.5 Å². The van der Waals surface area contributed by atoms with Crippen molar-refractivity contribution in [2.45, 2.75) is 56.6 Å². The number of aliphatic carboxylic acids is 1. The maximum atomic E-state index is 10.9. The van der Waals surface area contributed by atoms with E-state index >= 15 is 0 Å². The molecule has 1 aliphatic heterocycles. The number of hydrogen-bond donors (Lipinski definition) is 4. The third-order valence-corrected chi connectivity index (χ3v) is 5.19. The largest absolute Gasteiger partial charge is 0.480 e. The predicted molar refractivity (Wildman–Crippen MR) is 93.6 cm³/mol. The van der Waals surface area contributed by atoms with Crippen molar-refractivity contribution in [3.05, 3.63) is 35.4 Å². The fourth-order valence-corrected chi connectivity index (χ4v) is 3.70. The van der Waals surface area contributed by atoms with Gasteiger partial charge in [-0.2, -0.15) is 0 Å². The lowest BCUT2D eigenvalue weighted by Crippen LogP contribution is -2.41. The summed E-state index contributed by atoms with van der Waals surface area (Å²) in [6.45, 7) is 0.742. The molecule has 2 fully saturated rings. The Morgan fingerprint density at radius 3 is 2.54 bits per heavy atom. The lowest BCUT2D eigenvalue weighted by Gasteiger charge is -2.35. The molecule has 2 aliphatic rings. The van der Waals surface area contributed by atoms with Crippen LogP contribution >= 0.6 is 0 Å². The molecule has 1 aromatic rings. The topological polar surface area (TPSA) is 131 Å². The van der Waals surface area contributed by atoms with Gasteiger partial charge >= 0.3 is 5.97 Å². The normalized spacial score (nSPS) is 29.5. The summed E-state index contributed by atoms with van der Waals surface area (Å²) in [5, 5.41) is 18.8. The number of carboxylic acid groups (broad SMARTS) is 1. The number of aliphatic hydroxyl groups excluding tert-OH is 1. The van der Waals surface area contributed by atoms with Crippen molar-refractivity contribution in [2.24, 2.45) is 11.5 Å². The van der Waals surface area contributed by atoms with Gasteiger partial charge in [0, 0.05) is 6.54 Å². The van der Waals surface area contributed by atoms with Crippen molar-refractivity contribution < 1.29 is 24.5 Å². The fourth-order valence-electron chi connectivity index (χ4n) is 3.70. The third-order valence-electron chi connectivity index (χ3n) is 5.19. The van der Waals surface area contributed by atoms with Gasteiger partial charge in [0.15, 0.2) is 0 Å². The molecule has 1 aromatic carbocycles. The molecular weight excluding hydrogens is 338 g/mol. The highest BCUT2D eigenvalue weighted by atomic mass is 16.7. The van der Waals surface area contributed by atoms with Crippen molar-refractivity contribution in [3.63, 3.8) is 0 Å². The van der Waals surface area contributed by atoms with E-state index in [0.717, 1.165) is 36.8 Å². The maximum absolute atomic E-state index is 10.9. The fraction of sp³-hybridized carbons (Fsp3) is 0.611. The van der Waals surface area contributed by atoms with Gasteiger partial charge in [-0.15, -0.1) is 0 Å². The van der Waals surface area contributed by atoms with E-state index < -0.39 is 24.2 Å². The minimum atomic E-state index is -1.14. The third kappa shape index (κ3) is 4.59. The van der Waals surface area contributed by atoms with Gasteiger partial charge in [0.25, 0.3) is 0 Å². The summed E-state index contributed by atoms with van der Waals surface area (Å²) < 4.78 is 11.7. The van der Waals surface area contributed by atoms with Gasteiger partial charge < -0.3 is 31.2 Å². The van der Waals surface area contributed by atoms with Crippen molar-refractivity contribution in [3.8, 4) is 0 Å². The van der Waals surface area contributed by atoms with Gasteiger partial charge in [-0.25, -0.2) is 4.90 Å². The van der Waals surface area contributed by atoms with Gasteiger partial charge in [-0.1, -0.05) is 24.3 Å². The summed E-state index contributed by atoms with van der Waals surface area (Å²) in [7, 11) is 0. The molecule has 1 unspecified atom stereocenters. The van der Waals surface area contributed by atoms with Crippen LogP contribution in [0.3, 0.4) is 0 Å². The second-order valence-electron chi connectivity index (χ2n) is 7.20. The van der Waals surface area contributed by atoms with Gasteiger partial charge in [-0.3, -0.25) is 4.79 Å². The molecule has 1 saturated carbocycles. The number of nitrogens with two attached hydrogens (primary N) is 2. The molecular formula is C18H27N3O5. The maximum Gasteiger partial charge on any atom is 0.317 e. The van der Waals surface area contributed by atoms with Crippen molar-refractivity contribution >= 4 is 5.97 Å². The van der Waals surface area contributed by atoms with E-state index in [1.165, 1.54) is 4.90 Å². The quantitative estimate of drug-likeness (QED) is 0.536. The number of benzene rings is 1. The van der Waals surface area contributed by atoms with Crippen LogP contribution < -0.4 is 11.5 Å². The van der Waals surface area contributed by atoms with Gasteiger partial charge in [0.2, 0.25) is 6.41 Å². The Morgan fingerprint density at radius 2 is 1.96 bits per heavy atom. The smallest absolute Gasteiger partial charge is 0.317 e. The first kappa shape index (κ1) is 19.2. The number of ether oxygens (including phenoxy) is 2. The van der Waals surface area contributed by atoms with Crippen LogP contribution in [0.2, 0.25) is 0 Å². The monoisotopic (exact) mass is 365 g/mol. The Hall–Kier alpha value is -1.55. The first-order chi connectivity index (χ1) is 12.4. The van der Waals surface area contributed by atoms with Crippen molar-refractivity contribution in [1.82, 2.24) is 4.90 Å². The predicted octanol–water partition coefficient (Wildman–Crippen LogP) is 0.493. The Bertz CT molecular complexity index is 614. The molecule has 3 rings (SSSR count). The zero-order chi connectivity index (χ0) is 18.7. The number of carbonyl (C=O) groups is 1. The molecule has 1 atom stereocenters. The molecule has 0 amide bonds. The zero-order valence-corrected chi connectivity index (χ0v) is 14.7. The van der Waals surface area contributed by atoms with Crippen LogP contribution in [0.15, 0.2) is 24.3 Å². The second-order valence-corrected chi connectivity index (χ2v) is 7.20. The summed E-state index contributed by atoms with van der Waals surface area (Å²) >= 11 is 0. The van der Waals surface area contributed by atoms with Crippen molar-refractivity contribution in [2.75, 3.05) is 13.1 Å². The number of aliphatic hydroxyl groups is 1. The van der Waals surface area contributed by atoms with Crippen LogP contribution in [0.25, 0.3) is 0 Å². The van der Waals surface area contributed by atoms with Gasteiger partial charge in [0.1, 0.15) is 6.54 Å². The number of rotatable bonds is 6. The molecule has 8 nitrogen and oxygen atoms in total. The highest BCUT2D eigenvalue weighted by Crippen LogP contribution is 2.39. The van der Waals surface area contributed by atoms with Crippen molar-refractivity contribution in [1.29, 1.82) is 0 Å². The molecule has 0 aromatic heterocycles. The molecule has 1 saturated heterocycles. The Kier molecular flexibility index (Phi) is 5.91. The van der Waals surface area contributed by atoms with E-state index in [1.807, 2.05) is 24.3 Å². The van der Waals surface area contributed by atoms with Crippen LogP contribution in [0.4, 0.5) is 0 Å². The summed E-state index contributed by atoms with van der Waals surface area (Å²) in [6, 6.07) is 7.74. The van der Waals surface area contributed by atoms with E-state index in [9.17, 15) is 9.90 Å². The molecule has 0 radical (unpaired) electrons. The van der Waals surface area contributed by atoms with E-state index in [4.69, 9.17) is 26.0 Å². The molecule has 1 spiro atoms. The molecule has 1 heterocycles.